The maximum atomic E-state index is 11.5. The summed E-state index contributed by atoms with van der Waals surface area (Å²) in [4.78, 5) is 11.5. The molecule has 0 aliphatic rings. The van der Waals surface area contributed by atoms with Crippen LogP contribution in [0.4, 0.5) is 0 Å². The fraction of sp³-hybridized carbons (Fsp3) is 0.462. The zero-order valence-corrected chi connectivity index (χ0v) is 12.1. The van der Waals surface area contributed by atoms with Gasteiger partial charge in [0.2, 0.25) is 5.91 Å². The molecule has 5 heteroatoms. The van der Waals surface area contributed by atoms with Gasteiger partial charge in [-0.1, -0.05) is 29.3 Å². The van der Waals surface area contributed by atoms with Crippen LogP contribution in [-0.2, 0) is 11.2 Å². The molecule has 3 N–H and O–H groups in total. The zero-order chi connectivity index (χ0) is 13.8. The quantitative estimate of drug-likeness (QED) is 0.875. The summed E-state index contributed by atoms with van der Waals surface area (Å²) >= 11 is 12.0. The average Bonchev–Trinajstić information content (AvgIpc) is 2.21. The van der Waals surface area contributed by atoms with Crippen molar-refractivity contribution in [1.82, 2.24) is 5.32 Å². The molecule has 0 heterocycles. The van der Waals surface area contributed by atoms with Gasteiger partial charge in [0.15, 0.2) is 0 Å². The third kappa shape index (κ3) is 4.84. The maximum Gasteiger partial charge on any atom is 0.221 e. The summed E-state index contributed by atoms with van der Waals surface area (Å²) < 4.78 is 0. The van der Waals surface area contributed by atoms with Crippen molar-refractivity contribution in [1.29, 1.82) is 0 Å². The largest absolute Gasteiger partial charge is 0.351 e. The van der Waals surface area contributed by atoms with Gasteiger partial charge in [0.1, 0.15) is 0 Å². The van der Waals surface area contributed by atoms with E-state index >= 15 is 0 Å². The first-order valence-electron chi connectivity index (χ1n) is 5.79. The summed E-state index contributed by atoms with van der Waals surface area (Å²) in [7, 11) is 0. The molecule has 1 aromatic carbocycles. The van der Waals surface area contributed by atoms with Crippen LogP contribution in [0.3, 0.4) is 0 Å². The first-order chi connectivity index (χ1) is 8.34. The van der Waals surface area contributed by atoms with Crippen molar-refractivity contribution in [2.24, 2.45) is 5.73 Å². The smallest absolute Gasteiger partial charge is 0.221 e. The topological polar surface area (TPSA) is 55.1 Å². The van der Waals surface area contributed by atoms with Crippen LogP contribution in [0.25, 0.3) is 0 Å². The highest BCUT2D eigenvalue weighted by atomic mass is 35.5. The van der Waals surface area contributed by atoms with E-state index in [1.165, 1.54) is 0 Å². The molecule has 0 atom stereocenters. The van der Waals surface area contributed by atoms with E-state index in [4.69, 9.17) is 28.9 Å². The maximum absolute atomic E-state index is 11.5. The van der Waals surface area contributed by atoms with Crippen molar-refractivity contribution in [2.45, 2.75) is 32.2 Å². The second-order valence-electron chi connectivity index (χ2n) is 4.88. The lowest BCUT2D eigenvalue weighted by atomic mass is 9.94. The monoisotopic (exact) mass is 288 g/mol. The standard InChI is InChI=1S/C13H18Cl2N2O/c1-13(2,17-12(18)5-6-16)8-9-3-4-10(14)7-11(9)15/h3-4,7H,5-6,8,16H2,1-2H3,(H,17,18). The average molecular weight is 289 g/mol. The normalized spacial score (nSPS) is 11.4. The van der Waals surface area contributed by atoms with Gasteiger partial charge in [0, 0.05) is 28.5 Å². The van der Waals surface area contributed by atoms with Gasteiger partial charge in [0.25, 0.3) is 0 Å². The lowest BCUT2D eigenvalue weighted by Crippen LogP contribution is -2.45. The van der Waals surface area contributed by atoms with Crippen LogP contribution in [0.1, 0.15) is 25.8 Å². The molecule has 0 fully saturated rings. The highest BCUT2D eigenvalue weighted by Crippen LogP contribution is 2.24. The number of carbonyl (C=O) groups excluding carboxylic acids is 1. The molecular weight excluding hydrogens is 271 g/mol. The minimum atomic E-state index is -0.371. The van der Waals surface area contributed by atoms with Gasteiger partial charge in [-0.25, -0.2) is 0 Å². The van der Waals surface area contributed by atoms with Gasteiger partial charge in [0.05, 0.1) is 0 Å². The molecule has 0 aliphatic carbocycles. The van der Waals surface area contributed by atoms with E-state index in [0.29, 0.717) is 29.4 Å². The number of benzene rings is 1. The molecule has 0 radical (unpaired) electrons. The molecule has 0 bridgehead atoms. The van der Waals surface area contributed by atoms with Gasteiger partial charge < -0.3 is 11.1 Å². The third-order valence-corrected chi connectivity index (χ3v) is 3.08. The molecule has 1 rings (SSSR count). The Labute approximate surface area is 118 Å². The highest BCUT2D eigenvalue weighted by Gasteiger charge is 2.21. The Kier molecular flexibility index (Phi) is 5.45. The molecule has 1 aromatic rings. The van der Waals surface area contributed by atoms with Crippen molar-refractivity contribution in [3.05, 3.63) is 33.8 Å². The van der Waals surface area contributed by atoms with Gasteiger partial charge >= 0.3 is 0 Å². The predicted octanol–water partition coefficient (Wildman–Crippen LogP) is 2.78. The van der Waals surface area contributed by atoms with E-state index in [1.54, 1.807) is 12.1 Å². The summed E-state index contributed by atoms with van der Waals surface area (Å²) in [6.07, 6.45) is 0.969. The van der Waals surface area contributed by atoms with Gasteiger partial charge in [-0.15, -0.1) is 0 Å². The predicted molar refractivity (Wildman–Crippen MR) is 76.1 cm³/mol. The van der Waals surface area contributed by atoms with Crippen LogP contribution in [0, 0.1) is 0 Å². The van der Waals surface area contributed by atoms with Crippen LogP contribution >= 0.6 is 23.2 Å². The van der Waals surface area contributed by atoms with Crippen LogP contribution < -0.4 is 11.1 Å². The SMILES string of the molecule is CC(C)(Cc1ccc(Cl)cc1Cl)NC(=O)CCN. The van der Waals surface area contributed by atoms with Crippen LogP contribution in [0.5, 0.6) is 0 Å². The Balaban J connectivity index is 2.72. The number of hydrogen-bond acceptors (Lipinski definition) is 2. The minimum Gasteiger partial charge on any atom is -0.351 e. The highest BCUT2D eigenvalue weighted by molar-refractivity contribution is 6.35. The number of carbonyl (C=O) groups is 1. The molecule has 18 heavy (non-hydrogen) atoms. The molecule has 0 unspecified atom stereocenters. The van der Waals surface area contributed by atoms with Crippen molar-refractivity contribution in [2.75, 3.05) is 6.54 Å². The number of nitrogens with two attached hydrogens (primary N) is 1. The Hall–Kier alpha value is -0.770. The zero-order valence-electron chi connectivity index (χ0n) is 10.6. The first kappa shape index (κ1) is 15.3. The number of amides is 1. The van der Waals surface area contributed by atoms with Crippen molar-refractivity contribution < 1.29 is 4.79 Å². The Morgan fingerprint density at radius 1 is 1.39 bits per heavy atom. The van der Waals surface area contributed by atoms with Crippen molar-refractivity contribution in [3.63, 3.8) is 0 Å². The number of hydrogen-bond donors (Lipinski definition) is 2. The van der Waals surface area contributed by atoms with E-state index in [2.05, 4.69) is 5.32 Å². The van der Waals surface area contributed by atoms with Gasteiger partial charge in [-0.3, -0.25) is 4.79 Å². The van der Waals surface area contributed by atoms with Gasteiger partial charge in [-0.05, 0) is 38.0 Å². The number of halogens is 2. The Morgan fingerprint density at radius 3 is 2.61 bits per heavy atom. The summed E-state index contributed by atoms with van der Waals surface area (Å²) in [6, 6.07) is 5.37. The van der Waals surface area contributed by atoms with E-state index in [1.807, 2.05) is 19.9 Å². The fourth-order valence-corrected chi connectivity index (χ4v) is 2.23. The second kappa shape index (κ2) is 6.41. The van der Waals surface area contributed by atoms with Crippen molar-refractivity contribution in [3.8, 4) is 0 Å². The summed E-state index contributed by atoms with van der Waals surface area (Å²) in [5.41, 5.74) is 5.93. The fourth-order valence-electron chi connectivity index (χ4n) is 1.76. The summed E-state index contributed by atoms with van der Waals surface area (Å²) in [5, 5.41) is 4.16. The lowest BCUT2D eigenvalue weighted by molar-refractivity contribution is -0.122. The summed E-state index contributed by atoms with van der Waals surface area (Å²) in [5.74, 6) is -0.0485. The van der Waals surface area contributed by atoms with Crippen LogP contribution in [0.15, 0.2) is 18.2 Å². The van der Waals surface area contributed by atoms with Crippen molar-refractivity contribution >= 4 is 29.1 Å². The van der Waals surface area contributed by atoms with Crippen LogP contribution in [0.2, 0.25) is 10.0 Å². The first-order valence-corrected chi connectivity index (χ1v) is 6.54. The molecule has 0 aliphatic heterocycles. The Morgan fingerprint density at radius 2 is 2.06 bits per heavy atom. The second-order valence-corrected chi connectivity index (χ2v) is 5.73. The minimum absolute atomic E-state index is 0.0485. The van der Waals surface area contributed by atoms with Crippen LogP contribution in [-0.4, -0.2) is 18.0 Å². The molecular formula is C13H18Cl2N2O. The lowest BCUT2D eigenvalue weighted by Gasteiger charge is -2.27. The Bertz CT molecular complexity index is 433. The van der Waals surface area contributed by atoms with E-state index < -0.39 is 0 Å². The van der Waals surface area contributed by atoms with Gasteiger partial charge in [-0.2, -0.15) is 0 Å². The van der Waals surface area contributed by atoms with E-state index in [-0.39, 0.29) is 11.4 Å². The molecule has 0 saturated carbocycles. The molecule has 1 amide bonds. The third-order valence-electron chi connectivity index (χ3n) is 2.50. The van der Waals surface area contributed by atoms with E-state index in [0.717, 1.165) is 5.56 Å². The molecule has 3 nitrogen and oxygen atoms in total. The number of nitrogens with one attached hydrogen (secondary N) is 1. The van der Waals surface area contributed by atoms with E-state index in [9.17, 15) is 4.79 Å². The molecule has 0 saturated heterocycles. The molecule has 0 spiro atoms. The number of rotatable bonds is 5. The summed E-state index contributed by atoms with van der Waals surface area (Å²) in [6.45, 7) is 4.25. The molecule has 0 aromatic heterocycles. The molecule has 100 valence electrons.